The van der Waals surface area contributed by atoms with E-state index in [1.807, 2.05) is 18.6 Å². The van der Waals surface area contributed by atoms with Gasteiger partial charge in [-0.25, -0.2) is 22.3 Å². The van der Waals surface area contributed by atoms with Crippen LogP contribution < -0.4 is 10.0 Å². The third kappa shape index (κ3) is 5.89. The maximum atomic E-state index is 13.5. The predicted octanol–water partition coefficient (Wildman–Crippen LogP) is 0.808. The standard InChI is InChI=1S/C15H21FN2O5S/c1-10(2)8-12(15(20)23-3)18-14(19)9-17-24(21,22)13-7-5-4-6-11(13)16/h4-7,10,12,17H,8-9H2,1-3H3,(H,18,19). The topological polar surface area (TPSA) is 102 Å². The minimum atomic E-state index is -4.17. The fraction of sp³-hybridized carbons (Fsp3) is 0.467. The molecule has 0 aromatic heterocycles. The molecule has 0 radical (unpaired) electrons. The summed E-state index contributed by atoms with van der Waals surface area (Å²) in [4.78, 5) is 23.0. The summed E-state index contributed by atoms with van der Waals surface area (Å²) >= 11 is 0. The highest BCUT2D eigenvalue weighted by Crippen LogP contribution is 2.12. The van der Waals surface area contributed by atoms with Crippen LogP contribution in [0.4, 0.5) is 4.39 Å². The van der Waals surface area contributed by atoms with Crippen LogP contribution in [0.3, 0.4) is 0 Å². The molecule has 0 heterocycles. The largest absolute Gasteiger partial charge is 0.467 e. The van der Waals surface area contributed by atoms with E-state index in [2.05, 4.69) is 10.1 Å². The van der Waals surface area contributed by atoms with E-state index < -0.39 is 45.2 Å². The quantitative estimate of drug-likeness (QED) is 0.668. The van der Waals surface area contributed by atoms with Crippen LogP contribution in [0.1, 0.15) is 20.3 Å². The first-order chi connectivity index (χ1) is 11.2. The molecule has 1 rings (SSSR count). The predicted molar refractivity (Wildman–Crippen MR) is 85.0 cm³/mol. The van der Waals surface area contributed by atoms with Crippen LogP contribution in [-0.2, 0) is 24.3 Å². The molecule has 1 amide bonds. The van der Waals surface area contributed by atoms with Crippen LogP contribution in [0.15, 0.2) is 29.2 Å². The Balaban J connectivity index is 2.70. The number of sulfonamides is 1. The van der Waals surface area contributed by atoms with Crippen molar-refractivity contribution >= 4 is 21.9 Å². The van der Waals surface area contributed by atoms with Gasteiger partial charge in [0, 0.05) is 0 Å². The van der Waals surface area contributed by atoms with Gasteiger partial charge < -0.3 is 10.1 Å². The number of benzene rings is 1. The van der Waals surface area contributed by atoms with Gasteiger partial charge >= 0.3 is 5.97 Å². The lowest BCUT2D eigenvalue weighted by Crippen LogP contribution is -2.46. The van der Waals surface area contributed by atoms with Gasteiger partial charge in [-0.2, -0.15) is 0 Å². The molecule has 0 saturated heterocycles. The number of esters is 1. The Morgan fingerprint density at radius 1 is 1.25 bits per heavy atom. The maximum absolute atomic E-state index is 13.5. The van der Waals surface area contributed by atoms with Crippen LogP contribution in [-0.4, -0.2) is 40.0 Å². The molecule has 134 valence electrons. The lowest BCUT2D eigenvalue weighted by atomic mass is 10.0. The number of hydrogen-bond donors (Lipinski definition) is 2. The number of rotatable bonds is 8. The number of methoxy groups -OCH3 is 1. The van der Waals surface area contributed by atoms with E-state index in [0.717, 1.165) is 12.1 Å². The molecule has 9 heteroatoms. The summed E-state index contributed by atoms with van der Waals surface area (Å²) < 4.78 is 44.1. The minimum absolute atomic E-state index is 0.115. The van der Waals surface area contributed by atoms with Gasteiger partial charge in [0.1, 0.15) is 16.8 Å². The molecule has 0 aliphatic carbocycles. The molecule has 7 nitrogen and oxygen atoms in total. The second kappa shape index (κ2) is 8.74. The van der Waals surface area contributed by atoms with Crippen molar-refractivity contribution in [2.24, 2.45) is 5.92 Å². The molecule has 0 fully saturated rings. The van der Waals surface area contributed by atoms with E-state index in [9.17, 15) is 22.4 Å². The number of amides is 1. The molecule has 1 unspecified atom stereocenters. The molecule has 1 aromatic rings. The number of nitrogens with one attached hydrogen (secondary N) is 2. The van der Waals surface area contributed by atoms with Crippen LogP contribution in [0.2, 0.25) is 0 Å². The average Bonchev–Trinajstić information content (AvgIpc) is 2.51. The molecule has 2 N–H and O–H groups in total. The maximum Gasteiger partial charge on any atom is 0.328 e. The first kappa shape index (κ1) is 20.0. The van der Waals surface area contributed by atoms with E-state index in [1.165, 1.54) is 19.2 Å². The van der Waals surface area contributed by atoms with Gasteiger partial charge in [-0.15, -0.1) is 0 Å². The van der Waals surface area contributed by atoms with Gasteiger partial charge in [0.25, 0.3) is 0 Å². The molecule has 1 atom stereocenters. The third-order valence-corrected chi connectivity index (χ3v) is 4.51. The van der Waals surface area contributed by atoms with Gasteiger partial charge in [-0.05, 0) is 24.5 Å². The number of halogens is 1. The van der Waals surface area contributed by atoms with Crippen molar-refractivity contribution in [3.63, 3.8) is 0 Å². The van der Waals surface area contributed by atoms with Crippen molar-refractivity contribution in [3.8, 4) is 0 Å². The lowest BCUT2D eigenvalue weighted by molar-refractivity contribution is -0.145. The molecule has 0 aliphatic rings. The minimum Gasteiger partial charge on any atom is -0.467 e. The molecule has 24 heavy (non-hydrogen) atoms. The molecule has 0 saturated carbocycles. The first-order valence-electron chi connectivity index (χ1n) is 7.28. The molecule has 0 spiro atoms. The summed E-state index contributed by atoms with van der Waals surface area (Å²) in [5.74, 6) is -2.14. The molecule has 0 bridgehead atoms. The Hall–Kier alpha value is -2.00. The Morgan fingerprint density at radius 3 is 2.42 bits per heavy atom. The van der Waals surface area contributed by atoms with E-state index >= 15 is 0 Å². The summed E-state index contributed by atoms with van der Waals surface area (Å²) in [5, 5.41) is 2.40. The number of carbonyl (C=O) groups is 2. The van der Waals surface area contributed by atoms with E-state index in [4.69, 9.17) is 0 Å². The highest BCUT2D eigenvalue weighted by atomic mass is 32.2. The summed E-state index contributed by atoms with van der Waals surface area (Å²) in [6.45, 7) is 3.11. The Morgan fingerprint density at radius 2 is 1.88 bits per heavy atom. The van der Waals surface area contributed by atoms with E-state index in [-0.39, 0.29) is 5.92 Å². The summed E-state index contributed by atoms with van der Waals surface area (Å²) in [6, 6.07) is 3.94. The fourth-order valence-electron chi connectivity index (χ4n) is 1.97. The lowest BCUT2D eigenvalue weighted by Gasteiger charge is -2.18. The molecular formula is C15H21FN2O5S. The van der Waals surface area contributed by atoms with Crippen molar-refractivity contribution in [2.45, 2.75) is 31.2 Å². The van der Waals surface area contributed by atoms with Crippen LogP contribution in [0.25, 0.3) is 0 Å². The van der Waals surface area contributed by atoms with Crippen molar-refractivity contribution in [3.05, 3.63) is 30.1 Å². The second-order valence-electron chi connectivity index (χ2n) is 5.53. The van der Waals surface area contributed by atoms with Crippen molar-refractivity contribution < 1.29 is 27.1 Å². The second-order valence-corrected chi connectivity index (χ2v) is 7.26. The number of carbonyl (C=O) groups excluding carboxylic acids is 2. The SMILES string of the molecule is COC(=O)C(CC(C)C)NC(=O)CNS(=O)(=O)c1ccccc1F. The Kier molecular flexibility index (Phi) is 7.30. The van der Waals surface area contributed by atoms with E-state index in [1.54, 1.807) is 0 Å². The van der Waals surface area contributed by atoms with Gasteiger partial charge in [-0.1, -0.05) is 26.0 Å². The van der Waals surface area contributed by atoms with Gasteiger partial charge in [0.2, 0.25) is 15.9 Å². The van der Waals surface area contributed by atoms with Gasteiger partial charge in [0.15, 0.2) is 0 Å². The first-order valence-corrected chi connectivity index (χ1v) is 8.77. The van der Waals surface area contributed by atoms with Crippen molar-refractivity contribution in [2.75, 3.05) is 13.7 Å². The van der Waals surface area contributed by atoms with Gasteiger partial charge in [-0.3, -0.25) is 4.79 Å². The fourth-order valence-corrected chi connectivity index (χ4v) is 3.03. The highest BCUT2D eigenvalue weighted by molar-refractivity contribution is 7.89. The zero-order valence-electron chi connectivity index (χ0n) is 13.7. The number of hydrogen-bond acceptors (Lipinski definition) is 5. The molecule has 1 aromatic carbocycles. The van der Waals surface area contributed by atoms with Crippen LogP contribution in [0.5, 0.6) is 0 Å². The Labute approximate surface area is 140 Å². The zero-order valence-corrected chi connectivity index (χ0v) is 14.5. The summed E-state index contributed by atoms with van der Waals surface area (Å²) in [5.41, 5.74) is 0. The third-order valence-electron chi connectivity index (χ3n) is 3.08. The highest BCUT2D eigenvalue weighted by Gasteiger charge is 2.24. The van der Waals surface area contributed by atoms with Crippen LogP contribution in [0, 0.1) is 11.7 Å². The van der Waals surface area contributed by atoms with Gasteiger partial charge in [0.05, 0.1) is 13.7 Å². The number of ether oxygens (including phenoxy) is 1. The summed E-state index contributed by atoms with van der Waals surface area (Å²) in [7, 11) is -2.98. The zero-order chi connectivity index (χ0) is 18.3. The molecular weight excluding hydrogens is 339 g/mol. The van der Waals surface area contributed by atoms with E-state index in [0.29, 0.717) is 6.42 Å². The molecule has 0 aliphatic heterocycles. The summed E-state index contributed by atoms with van der Waals surface area (Å²) in [6.07, 6.45) is 0.346. The normalized spacial score (nSPS) is 12.7. The van der Waals surface area contributed by atoms with Crippen molar-refractivity contribution in [1.29, 1.82) is 0 Å². The Bertz CT molecular complexity index is 691. The van der Waals surface area contributed by atoms with Crippen molar-refractivity contribution in [1.82, 2.24) is 10.0 Å². The average molecular weight is 360 g/mol. The smallest absolute Gasteiger partial charge is 0.328 e. The van der Waals surface area contributed by atoms with Crippen LogP contribution >= 0.6 is 0 Å². The monoisotopic (exact) mass is 360 g/mol.